The van der Waals surface area contributed by atoms with E-state index in [-0.39, 0.29) is 5.91 Å². The minimum atomic E-state index is -0.0916. The molecule has 0 aliphatic rings. The van der Waals surface area contributed by atoms with Gasteiger partial charge in [0.05, 0.1) is 0 Å². The number of rotatable bonds is 8. The Bertz CT molecular complexity index is 867. The smallest absolute Gasteiger partial charge is 0.251 e. The number of benzene rings is 2. The van der Waals surface area contributed by atoms with Crippen LogP contribution in [0, 0.1) is 0 Å². The van der Waals surface area contributed by atoms with Crippen molar-refractivity contribution < 1.29 is 9.53 Å². The molecule has 3 aromatic rings. The Kier molecular flexibility index (Phi) is 6.49. The lowest BCUT2D eigenvalue weighted by molar-refractivity contribution is 0.0948. The molecule has 0 atom stereocenters. The van der Waals surface area contributed by atoms with Gasteiger partial charge in [-0.2, -0.15) is 0 Å². The highest BCUT2D eigenvalue weighted by molar-refractivity contribution is 5.94. The lowest BCUT2D eigenvalue weighted by Crippen LogP contribution is -2.25. The lowest BCUT2D eigenvalue weighted by Gasteiger charge is -2.09. The van der Waals surface area contributed by atoms with Crippen molar-refractivity contribution in [2.75, 3.05) is 25.6 Å². The van der Waals surface area contributed by atoms with Crippen LogP contribution in [0.4, 0.5) is 11.5 Å². The Morgan fingerprint density at radius 2 is 1.81 bits per heavy atom. The van der Waals surface area contributed by atoms with E-state index in [1.54, 1.807) is 25.4 Å². The first-order valence-electron chi connectivity index (χ1n) is 8.79. The lowest BCUT2D eigenvalue weighted by atomic mass is 10.2. The Morgan fingerprint density at radius 1 is 1.04 bits per heavy atom. The summed E-state index contributed by atoms with van der Waals surface area (Å²) in [5.41, 5.74) is 2.43. The maximum atomic E-state index is 12.1. The van der Waals surface area contributed by atoms with Crippen molar-refractivity contribution >= 4 is 17.4 Å². The van der Waals surface area contributed by atoms with Crippen molar-refractivity contribution in [3.8, 4) is 11.4 Å². The first-order chi connectivity index (χ1) is 13.3. The molecule has 1 heterocycles. The molecule has 0 unspecified atom stereocenters. The van der Waals surface area contributed by atoms with E-state index >= 15 is 0 Å². The van der Waals surface area contributed by atoms with Crippen LogP contribution in [0.5, 0.6) is 0 Å². The van der Waals surface area contributed by atoms with Gasteiger partial charge in [-0.1, -0.05) is 30.3 Å². The predicted molar refractivity (Wildman–Crippen MR) is 106 cm³/mol. The van der Waals surface area contributed by atoms with Gasteiger partial charge in [0.2, 0.25) is 0 Å². The van der Waals surface area contributed by atoms with E-state index in [4.69, 9.17) is 4.74 Å². The summed E-state index contributed by atoms with van der Waals surface area (Å²) in [5.74, 6) is 1.26. The SMILES string of the molecule is COCCCNC(=O)c1ccc(Nc2ccnc(-c3ccccc3)n2)cc1. The van der Waals surface area contributed by atoms with Crippen molar-refractivity contribution in [2.45, 2.75) is 6.42 Å². The third kappa shape index (κ3) is 5.36. The molecule has 0 fully saturated rings. The molecule has 0 saturated heterocycles. The topological polar surface area (TPSA) is 76.1 Å². The van der Waals surface area contributed by atoms with Crippen molar-refractivity contribution in [2.24, 2.45) is 0 Å². The molecule has 3 rings (SSSR count). The monoisotopic (exact) mass is 362 g/mol. The fourth-order valence-electron chi connectivity index (χ4n) is 2.53. The van der Waals surface area contributed by atoms with Gasteiger partial charge in [0, 0.05) is 43.3 Å². The van der Waals surface area contributed by atoms with Gasteiger partial charge in [-0.25, -0.2) is 9.97 Å². The van der Waals surface area contributed by atoms with Crippen LogP contribution in [-0.4, -0.2) is 36.1 Å². The highest BCUT2D eigenvalue weighted by atomic mass is 16.5. The van der Waals surface area contributed by atoms with Crippen LogP contribution in [0.2, 0.25) is 0 Å². The summed E-state index contributed by atoms with van der Waals surface area (Å²) in [6.07, 6.45) is 2.51. The van der Waals surface area contributed by atoms with Crippen LogP contribution in [0.15, 0.2) is 66.9 Å². The molecule has 1 amide bonds. The van der Waals surface area contributed by atoms with E-state index in [0.29, 0.717) is 30.4 Å². The highest BCUT2D eigenvalue weighted by Gasteiger charge is 2.06. The average molecular weight is 362 g/mol. The van der Waals surface area contributed by atoms with Crippen LogP contribution >= 0.6 is 0 Å². The second kappa shape index (κ2) is 9.45. The fourth-order valence-corrected chi connectivity index (χ4v) is 2.53. The zero-order valence-electron chi connectivity index (χ0n) is 15.2. The largest absolute Gasteiger partial charge is 0.385 e. The van der Waals surface area contributed by atoms with Gasteiger partial charge in [0.1, 0.15) is 5.82 Å². The van der Waals surface area contributed by atoms with Crippen LogP contribution in [0.25, 0.3) is 11.4 Å². The van der Waals surface area contributed by atoms with E-state index in [0.717, 1.165) is 17.7 Å². The Hall–Kier alpha value is -3.25. The van der Waals surface area contributed by atoms with Crippen molar-refractivity contribution in [3.63, 3.8) is 0 Å². The second-order valence-corrected chi connectivity index (χ2v) is 5.94. The normalized spacial score (nSPS) is 10.4. The molecule has 0 bridgehead atoms. The Morgan fingerprint density at radius 3 is 2.56 bits per heavy atom. The third-order valence-electron chi connectivity index (χ3n) is 3.92. The first kappa shape index (κ1) is 18.5. The molecule has 0 saturated carbocycles. The number of carbonyl (C=O) groups is 1. The van der Waals surface area contributed by atoms with Crippen molar-refractivity contribution in [1.82, 2.24) is 15.3 Å². The number of aromatic nitrogens is 2. The standard InChI is InChI=1S/C21H22N4O2/c1-27-15-5-13-23-21(26)17-8-10-18(11-9-17)24-19-12-14-22-20(25-19)16-6-3-2-4-7-16/h2-4,6-12,14H,5,13,15H2,1H3,(H,23,26)(H,22,24,25). The summed E-state index contributed by atoms with van der Waals surface area (Å²) in [7, 11) is 1.65. The molecule has 2 N–H and O–H groups in total. The number of ether oxygens (including phenoxy) is 1. The maximum Gasteiger partial charge on any atom is 0.251 e. The van der Waals surface area contributed by atoms with Gasteiger partial charge < -0.3 is 15.4 Å². The molecule has 2 aromatic carbocycles. The molecular weight excluding hydrogens is 340 g/mol. The Balaban J connectivity index is 1.62. The van der Waals surface area contributed by atoms with E-state index in [1.807, 2.05) is 48.5 Å². The van der Waals surface area contributed by atoms with E-state index in [2.05, 4.69) is 20.6 Å². The molecule has 6 nitrogen and oxygen atoms in total. The summed E-state index contributed by atoms with van der Waals surface area (Å²) >= 11 is 0. The summed E-state index contributed by atoms with van der Waals surface area (Å²) in [6, 6.07) is 18.9. The number of methoxy groups -OCH3 is 1. The quantitative estimate of drug-likeness (QED) is 0.598. The minimum absolute atomic E-state index is 0.0916. The average Bonchev–Trinajstić information content (AvgIpc) is 2.72. The fraction of sp³-hybridized carbons (Fsp3) is 0.190. The summed E-state index contributed by atoms with van der Waals surface area (Å²) in [4.78, 5) is 20.9. The van der Waals surface area contributed by atoms with Crippen LogP contribution < -0.4 is 10.6 Å². The molecule has 0 spiro atoms. The van der Waals surface area contributed by atoms with Crippen LogP contribution in [0.1, 0.15) is 16.8 Å². The van der Waals surface area contributed by atoms with Gasteiger partial charge in [-0.15, -0.1) is 0 Å². The zero-order chi connectivity index (χ0) is 18.9. The second-order valence-electron chi connectivity index (χ2n) is 5.94. The van der Waals surface area contributed by atoms with E-state index < -0.39 is 0 Å². The van der Waals surface area contributed by atoms with Gasteiger partial charge in [-0.3, -0.25) is 4.79 Å². The van der Waals surface area contributed by atoms with Gasteiger partial charge in [0.25, 0.3) is 5.91 Å². The number of nitrogens with one attached hydrogen (secondary N) is 2. The Labute approximate surface area is 158 Å². The summed E-state index contributed by atoms with van der Waals surface area (Å²) < 4.78 is 4.97. The molecule has 0 aliphatic heterocycles. The predicted octanol–water partition coefficient (Wildman–Crippen LogP) is 3.65. The molecule has 27 heavy (non-hydrogen) atoms. The van der Waals surface area contributed by atoms with Crippen LogP contribution in [-0.2, 0) is 4.74 Å². The summed E-state index contributed by atoms with van der Waals surface area (Å²) in [5, 5.41) is 6.11. The summed E-state index contributed by atoms with van der Waals surface area (Å²) in [6.45, 7) is 1.23. The molecular formula is C21H22N4O2. The van der Waals surface area contributed by atoms with Gasteiger partial charge >= 0.3 is 0 Å². The number of hydrogen-bond donors (Lipinski definition) is 2. The third-order valence-corrected chi connectivity index (χ3v) is 3.92. The number of carbonyl (C=O) groups excluding carboxylic acids is 1. The molecule has 6 heteroatoms. The number of hydrogen-bond acceptors (Lipinski definition) is 5. The van der Waals surface area contributed by atoms with E-state index in [9.17, 15) is 4.79 Å². The minimum Gasteiger partial charge on any atom is -0.385 e. The van der Waals surface area contributed by atoms with E-state index in [1.165, 1.54) is 0 Å². The van der Waals surface area contributed by atoms with Crippen molar-refractivity contribution in [3.05, 3.63) is 72.4 Å². The zero-order valence-corrected chi connectivity index (χ0v) is 15.2. The van der Waals surface area contributed by atoms with Gasteiger partial charge in [-0.05, 0) is 36.8 Å². The first-order valence-corrected chi connectivity index (χ1v) is 8.79. The highest BCUT2D eigenvalue weighted by Crippen LogP contribution is 2.19. The number of amides is 1. The number of nitrogens with zero attached hydrogens (tertiary/aromatic N) is 2. The molecule has 0 aliphatic carbocycles. The maximum absolute atomic E-state index is 12.1. The van der Waals surface area contributed by atoms with Crippen molar-refractivity contribution in [1.29, 1.82) is 0 Å². The molecule has 138 valence electrons. The van der Waals surface area contributed by atoms with Crippen LogP contribution in [0.3, 0.4) is 0 Å². The molecule has 1 aromatic heterocycles. The number of anilines is 2. The van der Waals surface area contributed by atoms with Gasteiger partial charge in [0.15, 0.2) is 5.82 Å². The molecule has 0 radical (unpaired) electrons.